The Labute approximate surface area is 102 Å². The summed E-state index contributed by atoms with van der Waals surface area (Å²) >= 11 is 0. The number of fused-ring (bicyclic) bond motifs is 1. The molecule has 1 N–H and O–H groups in total. The molecule has 17 heavy (non-hydrogen) atoms. The van der Waals surface area contributed by atoms with E-state index in [4.69, 9.17) is 4.74 Å². The summed E-state index contributed by atoms with van der Waals surface area (Å²) in [4.78, 5) is 12.3. The molecule has 0 saturated carbocycles. The molecule has 0 saturated heterocycles. The lowest BCUT2D eigenvalue weighted by atomic mass is 9.88. The second-order valence-electron chi connectivity index (χ2n) is 4.61. The minimum absolute atomic E-state index is 0.0121. The average Bonchev–Trinajstić information content (AvgIpc) is 2.78. The van der Waals surface area contributed by atoms with Gasteiger partial charge in [-0.25, -0.2) is 0 Å². The SMILES string of the molecule is COCCC(C)C(=O)C1CNc2ccccc21. The molecular weight excluding hydrogens is 214 g/mol. The van der Waals surface area contributed by atoms with Crippen LogP contribution in [0, 0.1) is 5.92 Å². The van der Waals surface area contributed by atoms with E-state index in [0.29, 0.717) is 12.4 Å². The van der Waals surface area contributed by atoms with Crippen molar-refractivity contribution in [3.63, 3.8) is 0 Å². The van der Waals surface area contributed by atoms with E-state index in [-0.39, 0.29) is 11.8 Å². The molecule has 1 aliphatic heterocycles. The zero-order chi connectivity index (χ0) is 12.3. The van der Waals surface area contributed by atoms with Gasteiger partial charge in [0.15, 0.2) is 0 Å². The molecule has 1 aliphatic rings. The largest absolute Gasteiger partial charge is 0.385 e. The third-order valence-corrected chi connectivity index (χ3v) is 3.42. The van der Waals surface area contributed by atoms with Crippen LogP contribution in [0.15, 0.2) is 24.3 Å². The average molecular weight is 233 g/mol. The Balaban J connectivity index is 2.07. The molecule has 3 nitrogen and oxygen atoms in total. The number of nitrogens with one attached hydrogen (secondary N) is 1. The Morgan fingerprint density at radius 3 is 3.06 bits per heavy atom. The van der Waals surface area contributed by atoms with Crippen LogP contribution in [-0.4, -0.2) is 26.0 Å². The third kappa shape index (κ3) is 2.50. The van der Waals surface area contributed by atoms with Gasteiger partial charge in [0.05, 0.1) is 5.92 Å². The molecule has 0 fully saturated rings. The maximum absolute atomic E-state index is 12.3. The standard InChI is InChI=1S/C14H19NO2/c1-10(7-8-17-2)14(16)12-9-15-13-6-4-3-5-11(12)13/h3-6,10,12,15H,7-9H2,1-2H3. The summed E-state index contributed by atoms with van der Waals surface area (Å²) in [6.45, 7) is 3.37. The molecule has 1 aromatic carbocycles. The molecule has 1 aromatic rings. The van der Waals surface area contributed by atoms with Gasteiger partial charge in [-0.15, -0.1) is 0 Å². The van der Waals surface area contributed by atoms with Crippen LogP contribution in [-0.2, 0) is 9.53 Å². The molecule has 2 rings (SSSR count). The molecular formula is C14H19NO2. The van der Waals surface area contributed by atoms with Crippen LogP contribution >= 0.6 is 0 Å². The summed E-state index contributed by atoms with van der Waals surface area (Å²) in [7, 11) is 1.67. The monoisotopic (exact) mass is 233 g/mol. The number of methoxy groups -OCH3 is 1. The van der Waals surface area contributed by atoms with Crippen molar-refractivity contribution in [2.75, 3.05) is 25.6 Å². The summed E-state index contributed by atoms with van der Waals surface area (Å²) in [6.07, 6.45) is 0.800. The maximum Gasteiger partial charge on any atom is 0.145 e. The fourth-order valence-corrected chi connectivity index (χ4v) is 2.32. The molecule has 0 aliphatic carbocycles. The van der Waals surface area contributed by atoms with Gasteiger partial charge in [-0.2, -0.15) is 0 Å². The minimum atomic E-state index is 0.0121. The summed E-state index contributed by atoms with van der Waals surface area (Å²) in [6, 6.07) is 8.06. The number of ether oxygens (including phenoxy) is 1. The number of ketones is 1. The summed E-state index contributed by atoms with van der Waals surface area (Å²) in [5.41, 5.74) is 2.24. The predicted molar refractivity (Wildman–Crippen MR) is 68.3 cm³/mol. The highest BCUT2D eigenvalue weighted by atomic mass is 16.5. The zero-order valence-corrected chi connectivity index (χ0v) is 10.4. The number of rotatable bonds is 5. The first-order valence-corrected chi connectivity index (χ1v) is 6.09. The van der Waals surface area contributed by atoms with Crippen molar-refractivity contribution < 1.29 is 9.53 Å². The maximum atomic E-state index is 12.3. The van der Waals surface area contributed by atoms with Crippen molar-refractivity contribution in [2.45, 2.75) is 19.3 Å². The first-order valence-electron chi connectivity index (χ1n) is 6.09. The Bertz CT molecular complexity index is 403. The fourth-order valence-electron chi connectivity index (χ4n) is 2.32. The van der Waals surface area contributed by atoms with Gasteiger partial charge in [-0.05, 0) is 18.1 Å². The van der Waals surface area contributed by atoms with Gasteiger partial charge in [0.2, 0.25) is 0 Å². The second kappa shape index (κ2) is 5.32. The van der Waals surface area contributed by atoms with Gasteiger partial charge in [-0.3, -0.25) is 4.79 Å². The highest BCUT2D eigenvalue weighted by molar-refractivity contribution is 5.91. The van der Waals surface area contributed by atoms with Crippen LogP contribution in [0.4, 0.5) is 5.69 Å². The number of hydrogen-bond acceptors (Lipinski definition) is 3. The van der Waals surface area contributed by atoms with Crippen molar-refractivity contribution in [3.05, 3.63) is 29.8 Å². The molecule has 0 amide bonds. The van der Waals surface area contributed by atoms with E-state index in [1.54, 1.807) is 7.11 Å². The van der Waals surface area contributed by atoms with Crippen molar-refractivity contribution in [1.29, 1.82) is 0 Å². The first kappa shape index (κ1) is 12.1. The van der Waals surface area contributed by atoms with Crippen molar-refractivity contribution in [1.82, 2.24) is 0 Å². The molecule has 0 aromatic heterocycles. The topological polar surface area (TPSA) is 38.3 Å². The Hall–Kier alpha value is -1.35. The molecule has 0 spiro atoms. The summed E-state index contributed by atoms with van der Waals surface area (Å²) in [5.74, 6) is 0.394. The van der Waals surface area contributed by atoms with Crippen molar-refractivity contribution >= 4 is 11.5 Å². The van der Waals surface area contributed by atoms with Crippen LogP contribution in [0.25, 0.3) is 0 Å². The van der Waals surface area contributed by atoms with Gasteiger partial charge in [0.1, 0.15) is 5.78 Å². The highest BCUT2D eigenvalue weighted by Crippen LogP contribution is 2.33. The Morgan fingerprint density at radius 2 is 2.29 bits per heavy atom. The van der Waals surface area contributed by atoms with E-state index in [2.05, 4.69) is 5.32 Å². The molecule has 0 bridgehead atoms. The van der Waals surface area contributed by atoms with E-state index in [1.165, 1.54) is 0 Å². The number of benzene rings is 1. The van der Waals surface area contributed by atoms with Gasteiger partial charge in [0, 0.05) is 31.9 Å². The van der Waals surface area contributed by atoms with Crippen LogP contribution in [0.3, 0.4) is 0 Å². The van der Waals surface area contributed by atoms with E-state index < -0.39 is 0 Å². The number of para-hydroxylation sites is 1. The van der Waals surface area contributed by atoms with Gasteiger partial charge in [-0.1, -0.05) is 25.1 Å². The van der Waals surface area contributed by atoms with Crippen molar-refractivity contribution in [2.24, 2.45) is 5.92 Å². The van der Waals surface area contributed by atoms with Gasteiger partial charge in [0.25, 0.3) is 0 Å². The predicted octanol–water partition coefficient (Wildman–Crippen LogP) is 2.44. The molecule has 2 atom stereocenters. The Morgan fingerprint density at radius 1 is 1.53 bits per heavy atom. The minimum Gasteiger partial charge on any atom is -0.385 e. The third-order valence-electron chi connectivity index (χ3n) is 3.42. The van der Waals surface area contributed by atoms with E-state index >= 15 is 0 Å². The first-order chi connectivity index (χ1) is 8.24. The Kier molecular flexibility index (Phi) is 3.79. The molecule has 92 valence electrons. The normalized spacial score (nSPS) is 19.5. The van der Waals surface area contributed by atoms with Gasteiger partial charge >= 0.3 is 0 Å². The fraction of sp³-hybridized carbons (Fsp3) is 0.500. The molecule has 0 radical (unpaired) electrons. The number of anilines is 1. The number of carbonyl (C=O) groups excluding carboxylic acids is 1. The van der Waals surface area contributed by atoms with Crippen LogP contribution in [0.5, 0.6) is 0 Å². The van der Waals surface area contributed by atoms with Gasteiger partial charge < -0.3 is 10.1 Å². The number of Topliss-reactive ketones (excluding diaryl/α,β-unsaturated/α-hetero) is 1. The lowest BCUT2D eigenvalue weighted by Gasteiger charge is -2.15. The smallest absolute Gasteiger partial charge is 0.145 e. The number of hydrogen-bond donors (Lipinski definition) is 1. The second-order valence-corrected chi connectivity index (χ2v) is 4.61. The highest BCUT2D eigenvalue weighted by Gasteiger charge is 2.30. The van der Waals surface area contributed by atoms with E-state index in [0.717, 1.165) is 24.2 Å². The van der Waals surface area contributed by atoms with Crippen LogP contribution in [0.2, 0.25) is 0 Å². The molecule has 2 unspecified atom stereocenters. The zero-order valence-electron chi connectivity index (χ0n) is 10.4. The lowest BCUT2D eigenvalue weighted by Crippen LogP contribution is -2.22. The van der Waals surface area contributed by atoms with Crippen LogP contribution < -0.4 is 5.32 Å². The summed E-state index contributed by atoms with van der Waals surface area (Å²) < 4.78 is 5.03. The lowest BCUT2D eigenvalue weighted by molar-refractivity contribution is -0.124. The molecule has 3 heteroatoms. The summed E-state index contributed by atoms with van der Waals surface area (Å²) in [5, 5.41) is 3.29. The molecule has 1 heterocycles. The number of carbonyl (C=O) groups is 1. The van der Waals surface area contributed by atoms with E-state index in [1.807, 2.05) is 31.2 Å². The van der Waals surface area contributed by atoms with E-state index in [9.17, 15) is 4.79 Å². The van der Waals surface area contributed by atoms with Crippen LogP contribution in [0.1, 0.15) is 24.8 Å². The van der Waals surface area contributed by atoms with Crippen molar-refractivity contribution in [3.8, 4) is 0 Å². The quantitative estimate of drug-likeness (QED) is 0.849.